The topological polar surface area (TPSA) is 18.5 Å². The Bertz CT molecular complexity index is 986. The molecule has 27 heavy (non-hydrogen) atoms. The second-order valence-electron chi connectivity index (χ2n) is 6.18. The van der Waals surface area contributed by atoms with Gasteiger partial charge in [-0.2, -0.15) is 0 Å². The molecule has 4 aromatic rings. The number of hydrogen-bond acceptors (Lipinski definition) is 3. The molecule has 0 fully saturated rings. The number of rotatable bonds is 5. The molecule has 3 aromatic carbocycles. The molecule has 3 heteroatoms. The Morgan fingerprint density at radius 3 is 1.85 bits per heavy atom. The molecule has 0 saturated heterocycles. The Kier molecular flexibility index (Phi) is 4.95. The van der Waals surface area contributed by atoms with Crippen molar-refractivity contribution in [3.63, 3.8) is 0 Å². The van der Waals surface area contributed by atoms with E-state index in [1.807, 2.05) is 30.3 Å². The molecule has 0 radical (unpaired) electrons. The van der Waals surface area contributed by atoms with E-state index in [1.165, 1.54) is 20.9 Å². The summed E-state index contributed by atoms with van der Waals surface area (Å²) in [6.45, 7) is 0. The van der Waals surface area contributed by atoms with E-state index in [4.69, 9.17) is 9.47 Å². The second kappa shape index (κ2) is 7.68. The Hall–Kier alpha value is -3.04. The molecule has 0 amide bonds. The number of benzene rings is 3. The minimum Gasteiger partial charge on any atom is -0.497 e. The second-order valence-corrected chi connectivity index (χ2v) is 7.24. The van der Waals surface area contributed by atoms with Gasteiger partial charge in [-0.05, 0) is 47.0 Å². The maximum Gasteiger partial charge on any atom is 0.119 e. The van der Waals surface area contributed by atoms with Gasteiger partial charge in [-0.15, -0.1) is 11.3 Å². The van der Waals surface area contributed by atoms with E-state index in [1.54, 1.807) is 25.6 Å². The van der Waals surface area contributed by atoms with Crippen LogP contribution in [-0.2, 0) is 0 Å². The van der Waals surface area contributed by atoms with Crippen molar-refractivity contribution in [2.45, 2.75) is 0 Å². The van der Waals surface area contributed by atoms with Crippen LogP contribution < -0.4 is 9.47 Å². The van der Waals surface area contributed by atoms with Crippen molar-refractivity contribution in [2.75, 3.05) is 14.2 Å². The molecule has 0 aliphatic rings. The zero-order chi connectivity index (χ0) is 18.6. The highest BCUT2D eigenvalue weighted by molar-refractivity contribution is 7.19. The molecule has 0 aliphatic carbocycles. The van der Waals surface area contributed by atoms with Gasteiger partial charge < -0.3 is 9.47 Å². The molecule has 0 saturated carbocycles. The van der Waals surface area contributed by atoms with Crippen LogP contribution in [0.3, 0.4) is 0 Å². The van der Waals surface area contributed by atoms with E-state index < -0.39 is 0 Å². The smallest absolute Gasteiger partial charge is 0.119 e. The molecule has 0 atom stereocenters. The molecule has 1 aromatic heterocycles. The predicted molar refractivity (Wildman–Crippen MR) is 114 cm³/mol. The number of methoxy groups -OCH3 is 2. The summed E-state index contributed by atoms with van der Waals surface area (Å²) in [6.07, 6.45) is 0. The summed E-state index contributed by atoms with van der Waals surface area (Å²) in [7, 11) is 3.40. The van der Waals surface area contributed by atoms with E-state index in [-0.39, 0.29) is 0 Å². The van der Waals surface area contributed by atoms with Gasteiger partial charge in [-0.3, -0.25) is 0 Å². The van der Waals surface area contributed by atoms with Crippen LogP contribution in [0, 0.1) is 0 Å². The van der Waals surface area contributed by atoms with Crippen molar-refractivity contribution in [1.29, 1.82) is 0 Å². The van der Waals surface area contributed by atoms with Gasteiger partial charge in [0.2, 0.25) is 0 Å². The van der Waals surface area contributed by atoms with Crippen molar-refractivity contribution < 1.29 is 9.47 Å². The zero-order valence-electron chi connectivity index (χ0n) is 15.3. The fourth-order valence-corrected chi connectivity index (χ4v) is 4.30. The van der Waals surface area contributed by atoms with E-state index in [9.17, 15) is 0 Å². The van der Waals surface area contributed by atoms with Crippen LogP contribution in [0.4, 0.5) is 0 Å². The normalized spacial score (nSPS) is 10.6. The predicted octanol–water partition coefficient (Wildman–Crippen LogP) is 6.77. The molecular formula is C24H20O2S. The Morgan fingerprint density at radius 2 is 1.19 bits per heavy atom. The number of thiophene rings is 1. The first-order valence-corrected chi connectivity index (χ1v) is 9.58. The average molecular weight is 372 g/mol. The first-order chi connectivity index (χ1) is 13.3. The first-order valence-electron chi connectivity index (χ1n) is 8.76. The molecule has 134 valence electrons. The molecular weight excluding hydrogens is 352 g/mol. The maximum absolute atomic E-state index is 5.43. The summed E-state index contributed by atoms with van der Waals surface area (Å²) in [5.74, 6) is 1.72. The minimum atomic E-state index is 0.858. The zero-order valence-corrected chi connectivity index (χ0v) is 16.1. The molecule has 0 unspecified atom stereocenters. The van der Waals surface area contributed by atoms with E-state index in [2.05, 4.69) is 54.6 Å². The summed E-state index contributed by atoms with van der Waals surface area (Å²) < 4.78 is 10.9. The van der Waals surface area contributed by atoms with Gasteiger partial charge in [0.25, 0.3) is 0 Å². The van der Waals surface area contributed by atoms with Crippen molar-refractivity contribution in [1.82, 2.24) is 0 Å². The lowest BCUT2D eigenvalue weighted by Crippen LogP contribution is -1.85. The molecule has 2 nitrogen and oxygen atoms in total. The van der Waals surface area contributed by atoms with E-state index >= 15 is 0 Å². The van der Waals surface area contributed by atoms with Gasteiger partial charge in [0.1, 0.15) is 11.5 Å². The van der Waals surface area contributed by atoms with Crippen molar-refractivity contribution in [3.8, 4) is 43.5 Å². The lowest BCUT2D eigenvalue weighted by Gasteiger charge is -2.08. The lowest BCUT2D eigenvalue weighted by molar-refractivity contribution is 0.415. The SMILES string of the molecule is COc1cccc(-c2cc(-c3ccccc3)sc2-c2cccc(OC)c2)c1. The Morgan fingerprint density at radius 1 is 0.593 bits per heavy atom. The van der Waals surface area contributed by atoms with Crippen LogP contribution in [-0.4, -0.2) is 14.2 Å². The standard InChI is InChI=1S/C24H20O2S/c1-25-20-12-6-10-18(14-20)22-16-23(17-8-4-3-5-9-17)27-24(22)19-11-7-13-21(15-19)26-2/h3-16H,1-2H3. The highest BCUT2D eigenvalue weighted by atomic mass is 32.1. The Balaban J connectivity index is 1.91. The number of ether oxygens (including phenoxy) is 2. The van der Waals surface area contributed by atoms with Crippen molar-refractivity contribution in [3.05, 3.63) is 84.9 Å². The molecule has 4 rings (SSSR count). The van der Waals surface area contributed by atoms with Crippen molar-refractivity contribution >= 4 is 11.3 Å². The quantitative estimate of drug-likeness (QED) is 0.385. The highest BCUT2D eigenvalue weighted by Crippen LogP contribution is 2.44. The summed E-state index contributed by atoms with van der Waals surface area (Å²) in [5, 5.41) is 0. The summed E-state index contributed by atoms with van der Waals surface area (Å²) in [4.78, 5) is 2.47. The number of hydrogen-bond donors (Lipinski definition) is 0. The third-order valence-corrected chi connectivity index (χ3v) is 5.74. The Labute approximate surface area is 163 Å². The fourth-order valence-electron chi connectivity index (χ4n) is 3.12. The van der Waals surface area contributed by atoms with Gasteiger partial charge in [-0.1, -0.05) is 54.6 Å². The van der Waals surface area contributed by atoms with Gasteiger partial charge in [-0.25, -0.2) is 0 Å². The van der Waals surface area contributed by atoms with Crippen LogP contribution >= 0.6 is 11.3 Å². The van der Waals surface area contributed by atoms with Gasteiger partial charge in [0.15, 0.2) is 0 Å². The van der Waals surface area contributed by atoms with Crippen LogP contribution in [0.25, 0.3) is 32.0 Å². The van der Waals surface area contributed by atoms with E-state index in [0.717, 1.165) is 22.6 Å². The van der Waals surface area contributed by atoms with Crippen LogP contribution in [0.2, 0.25) is 0 Å². The van der Waals surface area contributed by atoms with E-state index in [0.29, 0.717) is 0 Å². The summed E-state index contributed by atoms with van der Waals surface area (Å²) in [6, 6.07) is 29.2. The van der Waals surface area contributed by atoms with Crippen molar-refractivity contribution in [2.24, 2.45) is 0 Å². The summed E-state index contributed by atoms with van der Waals surface area (Å²) >= 11 is 1.80. The molecule has 0 N–H and O–H groups in total. The third-order valence-electron chi connectivity index (χ3n) is 4.50. The maximum atomic E-state index is 5.43. The minimum absolute atomic E-state index is 0.858. The molecule has 0 spiro atoms. The molecule has 0 bridgehead atoms. The molecule has 0 aliphatic heterocycles. The summed E-state index contributed by atoms with van der Waals surface area (Å²) in [5.41, 5.74) is 4.72. The lowest BCUT2D eigenvalue weighted by atomic mass is 10.0. The van der Waals surface area contributed by atoms with Gasteiger partial charge in [0.05, 0.1) is 14.2 Å². The van der Waals surface area contributed by atoms with Crippen LogP contribution in [0.1, 0.15) is 0 Å². The molecule has 1 heterocycles. The third kappa shape index (κ3) is 3.60. The highest BCUT2D eigenvalue weighted by Gasteiger charge is 2.15. The van der Waals surface area contributed by atoms with Gasteiger partial charge in [0, 0.05) is 15.3 Å². The first kappa shape index (κ1) is 17.4. The van der Waals surface area contributed by atoms with Crippen LogP contribution in [0.15, 0.2) is 84.9 Å². The van der Waals surface area contributed by atoms with Crippen LogP contribution in [0.5, 0.6) is 11.5 Å². The fraction of sp³-hybridized carbons (Fsp3) is 0.0833. The largest absolute Gasteiger partial charge is 0.497 e. The van der Waals surface area contributed by atoms with Gasteiger partial charge >= 0.3 is 0 Å². The average Bonchev–Trinajstić information content (AvgIpc) is 3.20. The monoisotopic (exact) mass is 372 g/mol.